The van der Waals surface area contributed by atoms with Crippen molar-refractivity contribution >= 4 is 11.6 Å². The fourth-order valence-corrected chi connectivity index (χ4v) is 3.62. The lowest BCUT2D eigenvalue weighted by Gasteiger charge is -2.32. The first kappa shape index (κ1) is 20.2. The highest BCUT2D eigenvalue weighted by atomic mass is 16.5. The molecule has 1 aliphatic rings. The van der Waals surface area contributed by atoms with Gasteiger partial charge in [-0.15, -0.1) is 0 Å². The highest BCUT2D eigenvalue weighted by Gasteiger charge is 2.21. The summed E-state index contributed by atoms with van der Waals surface area (Å²) in [7, 11) is 0. The van der Waals surface area contributed by atoms with Crippen LogP contribution in [0.3, 0.4) is 0 Å². The molecule has 0 radical (unpaired) electrons. The van der Waals surface area contributed by atoms with E-state index in [9.17, 15) is 4.79 Å². The van der Waals surface area contributed by atoms with Crippen LogP contribution in [0.15, 0.2) is 54.6 Å². The number of hydrogen-bond donors (Lipinski definition) is 1. The zero-order valence-corrected chi connectivity index (χ0v) is 17.2. The lowest BCUT2D eigenvalue weighted by molar-refractivity contribution is -0.128. The van der Waals surface area contributed by atoms with Crippen LogP contribution in [-0.4, -0.2) is 25.1 Å². The summed E-state index contributed by atoms with van der Waals surface area (Å²) in [4.78, 5) is 15.1. The van der Waals surface area contributed by atoms with Gasteiger partial charge in [-0.25, -0.2) is 0 Å². The van der Waals surface area contributed by atoms with Gasteiger partial charge in [-0.1, -0.05) is 44.2 Å². The van der Waals surface area contributed by atoms with E-state index < -0.39 is 6.10 Å². The summed E-state index contributed by atoms with van der Waals surface area (Å²) in [6.07, 6.45) is 2.65. The average molecular weight is 381 g/mol. The molecular weight excluding hydrogens is 348 g/mol. The summed E-state index contributed by atoms with van der Waals surface area (Å²) in [5.41, 5.74) is 2.38. The van der Waals surface area contributed by atoms with E-state index in [2.05, 4.69) is 41.4 Å². The van der Waals surface area contributed by atoms with Crippen molar-refractivity contribution in [3.63, 3.8) is 0 Å². The second-order valence-corrected chi connectivity index (χ2v) is 7.82. The van der Waals surface area contributed by atoms with Crippen molar-refractivity contribution < 1.29 is 9.53 Å². The van der Waals surface area contributed by atoms with Crippen molar-refractivity contribution in [2.24, 2.45) is 5.92 Å². The number of amides is 1. The molecule has 0 bridgehead atoms. The van der Waals surface area contributed by atoms with Gasteiger partial charge in [0.1, 0.15) is 5.75 Å². The number of para-hydroxylation sites is 1. The molecule has 28 heavy (non-hydrogen) atoms. The van der Waals surface area contributed by atoms with Crippen molar-refractivity contribution in [2.45, 2.75) is 52.2 Å². The molecule has 150 valence electrons. The Morgan fingerprint density at radius 2 is 1.75 bits per heavy atom. The Morgan fingerprint density at radius 1 is 1.11 bits per heavy atom. The second-order valence-electron chi connectivity index (χ2n) is 7.82. The molecule has 1 aliphatic heterocycles. The normalized spacial score (nSPS) is 17.0. The van der Waals surface area contributed by atoms with Gasteiger partial charge in [0.2, 0.25) is 0 Å². The molecule has 4 nitrogen and oxygen atoms in total. The van der Waals surface area contributed by atoms with Gasteiger partial charge in [-0.3, -0.25) is 4.79 Å². The van der Waals surface area contributed by atoms with Crippen LogP contribution in [0, 0.1) is 5.92 Å². The Hall–Kier alpha value is -2.49. The van der Waals surface area contributed by atoms with Gasteiger partial charge < -0.3 is 15.0 Å². The largest absolute Gasteiger partial charge is 0.481 e. The highest BCUT2D eigenvalue weighted by Crippen LogP contribution is 2.24. The summed E-state index contributed by atoms with van der Waals surface area (Å²) >= 11 is 0. The van der Waals surface area contributed by atoms with Crippen LogP contribution < -0.4 is 15.0 Å². The third-order valence-corrected chi connectivity index (χ3v) is 5.59. The zero-order chi connectivity index (χ0) is 19.9. The highest BCUT2D eigenvalue weighted by molar-refractivity contribution is 5.81. The molecule has 1 heterocycles. The van der Waals surface area contributed by atoms with Gasteiger partial charge >= 0.3 is 0 Å². The number of carbonyl (C=O) groups excluding carboxylic acids is 1. The van der Waals surface area contributed by atoms with Crippen LogP contribution in [0.5, 0.6) is 5.75 Å². The van der Waals surface area contributed by atoms with E-state index >= 15 is 0 Å². The minimum atomic E-state index is -0.487. The number of piperidine rings is 1. The van der Waals surface area contributed by atoms with E-state index in [0.29, 0.717) is 6.42 Å². The number of nitrogens with one attached hydrogen (secondary N) is 1. The average Bonchev–Trinajstić information content (AvgIpc) is 2.73. The van der Waals surface area contributed by atoms with Crippen LogP contribution in [0.4, 0.5) is 5.69 Å². The Kier molecular flexibility index (Phi) is 6.96. The molecular formula is C24H32N2O2. The first-order valence-corrected chi connectivity index (χ1v) is 10.4. The first-order valence-electron chi connectivity index (χ1n) is 10.4. The maximum Gasteiger partial charge on any atom is 0.261 e. The molecule has 1 amide bonds. The molecule has 1 fully saturated rings. The maximum absolute atomic E-state index is 12.7. The van der Waals surface area contributed by atoms with Crippen LogP contribution >= 0.6 is 0 Å². The molecule has 2 aromatic carbocycles. The van der Waals surface area contributed by atoms with Gasteiger partial charge in [0, 0.05) is 18.8 Å². The Labute approximate surface area is 168 Å². The molecule has 1 saturated heterocycles. The van der Waals surface area contributed by atoms with E-state index in [1.54, 1.807) is 0 Å². The Bertz CT molecular complexity index is 737. The number of benzene rings is 2. The van der Waals surface area contributed by atoms with Crippen molar-refractivity contribution in [2.75, 3.05) is 18.0 Å². The standard InChI is InChI=1S/C24H32N2O2/c1-4-23(28-22-8-6-5-7-9-22)24(27)25-19(3)20-10-12-21(13-11-20)26-16-14-18(2)15-17-26/h5-13,18-19,23H,4,14-17H2,1-3H3,(H,25,27)/t19-,23-/m1/s1. The molecule has 4 heteroatoms. The van der Waals surface area contributed by atoms with Crippen LogP contribution in [0.25, 0.3) is 0 Å². The summed E-state index contributed by atoms with van der Waals surface area (Å²) in [6.45, 7) is 8.57. The number of ether oxygens (including phenoxy) is 1. The minimum Gasteiger partial charge on any atom is -0.481 e. The lowest BCUT2D eigenvalue weighted by Crippen LogP contribution is -2.39. The zero-order valence-electron chi connectivity index (χ0n) is 17.2. The van der Waals surface area contributed by atoms with E-state index in [1.807, 2.05) is 44.2 Å². The Balaban J connectivity index is 1.57. The third-order valence-electron chi connectivity index (χ3n) is 5.59. The summed E-state index contributed by atoms with van der Waals surface area (Å²) in [6, 6.07) is 18.0. The summed E-state index contributed by atoms with van der Waals surface area (Å²) in [5, 5.41) is 3.09. The third kappa shape index (κ3) is 5.28. The lowest BCUT2D eigenvalue weighted by atomic mass is 9.98. The number of nitrogens with zero attached hydrogens (tertiary/aromatic N) is 1. The van der Waals surface area contributed by atoms with Crippen molar-refractivity contribution in [3.8, 4) is 5.75 Å². The van der Waals surface area contributed by atoms with Gasteiger partial charge in [-0.2, -0.15) is 0 Å². The monoisotopic (exact) mass is 380 g/mol. The van der Waals surface area contributed by atoms with Crippen LogP contribution in [0.1, 0.15) is 51.6 Å². The molecule has 1 N–H and O–H groups in total. The van der Waals surface area contributed by atoms with E-state index in [-0.39, 0.29) is 11.9 Å². The summed E-state index contributed by atoms with van der Waals surface area (Å²) < 4.78 is 5.85. The number of anilines is 1. The van der Waals surface area contributed by atoms with Crippen molar-refractivity contribution in [1.82, 2.24) is 5.32 Å². The van der Waals surface area contributed by atoms with E-state index in [0.717, 1.165) is 30.3 Å². The maximum atomic E-state index is 12.7. The van der Waals surface area contributed by atoms with E-state index in [1.165, 1.54) is 18.5 Å². The van der Waals surface area contributed by atoms with Gasteiger partial charge in [0.15, 0.2) is 6.10 Å². The molecule has 2 aromatic rings. The van der Waals surface area contributed by atoms with Gasteiger partial charge in [0.05, 0.1) is 6.04 Å². The predicted octanol–water partition coefficient (Wildman–Crippen LogP) is 4.96. The SMILES string of the molecule is CC[C@@H](Oc1ccccc1)C(=O)N[C@H](C)c1ccc(N2CCC(C)CC2)cc1. The minimum absolute atomic E-state index is 0.0589. The fourth-order valence-electron chi connectivity index (χ4n) is 3.62. The molecule has 0 spiro atoms. The molecule has 0 aromatic heterocycles. The number of rotatable bonds is 7. The molecule has 0 saturated carbocycles. The Morgan fingerprint density at radius 3 is 2.36 bits per heavy atom. The fraction of sp³-hybridized carbons (Fsp3) is 0.458. The molecule has 2 atom stereocenters. The quantitative estimate of drug-likeness (QED) is 0.738. The topological polar surface area (TPSA) is 41.6 Å². The molecule has 0 aliphatic carbocycles. The van der Waals surface area contributed by atoms with Gasteiger partial charge in [0.25, 0.3) is 5.91 Å². The van der Waals surface area contributed by atoms with Crippen LogP contribution in [-0.2, 0) is 4.79 Å². The smallest absolute Gasteiger partial charge is 0.261 e. The summed E-state index contributed by atoms with van der Waals surface area (Å²) in [5.74, 6) is 1.47. The van der Waals surface area contributed by atoms with Crippen LogP contribution in [0.2, 0.25) is 0 Å². The van der Waals surface area contributed by atoms with Gasteiger partial charge in [-0.05, 0) is 61.9 Å². The van der Waals surface area contributed by atoms with Crippen molar-refractivity contribution in [3.05, 3.63) is 60.2 Å². The first-order chi connectivity index (χ1) is 13.6. The molecule has 3 rings (SSSR count). The second kappa shape index (κ2) is 9.63. The predicted molar refractivity (Wildman–Crippen MR) is 115 cm³/mol. The van der Waals surface area contributed by atoms with E-state index in [4.69, 9.17) is 4.74 Å². The van der Waals surface area contributed by atoms with Crippen molar-refractivity contribution in [1.29, 1.82) is 0 Å². The number of hydrogen-bond acceptors (Lipinski definition) is 3. The molecule has 0 unspecified atom stereocenters. The number of carbonyl (C=O) groups is 1.